The van der Waals surface area contributed by atoms with Gasteiger partial charge in [-0.1, -0.05) is 0 Å². The predicted molar refractivity (Wildman–Crippen MR) is 59.3 cm³/mol. The van der Waals surface area contributed by atoms with E-state index in [9.17, 15) is 0 Å². The minimum Gasteiger partial charge on any atom is -0.388 e. The Morgan fingerprint density at radius 2 is 2.47 bits per heavy atom. The third-order valence-corrected chi connectivity index (χ3v) is 3.10. The largest absolute Gasteiger partial charge is 0.388 e. The standard InChI is InChI=1S/C8H10N4OS2/c1-5-9-6(4-15-5)2-12-7(3-13)10-11-8(12)14/h4,13H,2-3H2,1H3,(H,11,14). The lowest BCUT2D eigenvalue weighted by Crippen LogP contribution is -2.05. The van der Waals surface area contributed by atoms with Gasteiger partial charge in [-0.25, -0.2) is 4.98 Å². The molecular weight excluding hydrogens is 232 g/mol. The quantitative estimate of drug-likeness (QED) is 0.795. The molecule has 0 aliphatic heterocycles. The molecule has 2 aromatic heterocycles. The highest BCUT2D eigenvalue weighted by Gasteiger charge is 2.06. The summed E-state index contributed by atoms with van der Waals surface area (Å²) >= 11 is 6.65. The molecule has 0 saturated heterocycles. The molecule has 15 heavy (non-hydrogen) atoms. The number of nitrogens with one attached hydrogen (secondary N) is 1. The maximum absolute atomic E-state index is 9.05. The van der Waals surface area contributed by atoms with Crippen molar-refractivity contribution in [3.05, 3.63) is 26.7 Å². The molecule has 2 N–H and O–H groups in total. The van der Waals surface area contributed by atoms with Gasteiger partial charge in [-0.2, -0.15) is 5.10 Å². The minimum absolute atomic E-state index is 0.129. The lowest BCUT2D eigenvalue weighted by atomic mass is 10.4. The fourth-order valence-corrected chi connectivity index (χ4v) is 2.10. The highest BCUT2D eigenvalue weighted by molar-refractivity contribution is 7.71. The van der Waals surface area contributed by atoms with Gasteiger partial charge in [-0.05, 0) is 19.1 Å². The van der Waals surface area contributed by atoms with E-state index in [4.69, 9.17) is 17.3 Å². The molecule has 0 fully saturated rings. The van der Waals surface area contributed by atoms with Crippen molar-refractivity contribution in [1.29, 1.82) is 0 Å². The van der Waals surface area contributed by atoms with Crippen LogP contribution in [0.15, 0.2) is 5.38 Å². The molecule has 0 aliphatic carbocycles. The SMILES string of the molecule is Cc1nc(Cn2c(CO)n[nH]c2=S)cs1. The van der Waals surface area contributed by atoms with Crippen LogP contribution in [0.5, 0.6) is 0 Å². The van der Waals surface area contributed by atoms with Crippen LogP contribution < -0.4 is 0 Å². The van der Waals surface area contributed by atoms with Crippen LogP contribution >= 0.6 is 23.6 Å². The van der Waals surface area contributed by atoms with Crippen molar-refractivity contribution >= 4 is 23.6 Å². The molecule has 0 amide bonds. The minimum atomic E-state index is -0.129. The molecule has 5 nitrogen and oxygen atoms in total. The molecule has 0 saturated carbocycles. The summed E-state index contributed by atoms with van der Waals surface area (Å²) in [6, 6.07) is 0. The molecule has 0 unspecified atom stereocenters. The van der Waals surface area contributed by atoms with E-state index >= 15 is 0 Å². The third-order valence-electron chi connectivity index (χ3n) is 1.97. The monoisotopic (exact) mass is 242 g/mol. The van der Waals surface area contributed by atoms with Crippen LogP contribution in [0.3, 0.4) is 0 Å². The van der Waals surface area contributed by atoms with Gasteiger partial charge in [0.25, 0.3) is 0 Å². The van der Waals surface area contributed by atoms with Crippen LogP contribution in [-0.4, -0.2) is 24.9 Å². The fourth-order valence-electron chi connectivity index (χ4n) is 1.28. The first-order valence-electron chi connectivity index (χ1n) is 4.36. The Kier molecular flexibility index (Phi) is 2.94. The number of thiazole rings is 1. The lowest BCUT2D eigenvalue weighted by Gasteiger charge is -2.01. The Bertz CT molecular complexity index is 513. The molecule has 0 atom stereocenters. The second-order valence-corrected chi connectivity index (χ2v) is 4.50. The van der Waals surface area contributed by atoms with Crippen molar-refractivity contribution in [2.75, 3.05) is 0 Å². The van der Waals surface area contributed by atoms with Crippen molar-refractivity contribution in [3.63, 3.8) is 0 Å². The van der Waals surface area contributed by atoms with E-state index in [-0.39, 0.29) is 6.61 Å². The number of rotatable bonds is 3. The van der Waals surface area contributed by atoms with Crippen molar-refractivity contribution in [2.24, 2.45) is 0 Å². The second kappa shape index (κ2) is 4.21. The maximum Gasteiger partial charge on any atom is 0.195 e. The molecule has 0 aliphatic rings. The summed E-state index contributed by atoms with van der Waals surface area (Å²) in [5.41, 5.74) is 0.935. The van der Waals surface area contributed by atoms with Crippen LogP contribution in [0.4, 0.5) is 0 Å². The zero-order chi connectivity index (χ0) is 10.8. The van der Waals surface area contributed by atoms with Gasteiger partial charge < -0.3 is 5.11 Å². The average molecular weight is 242 g/mol. The van der Waals surface area contributed by atoms with E-state index in [1.54, 1.807) is 15.9 Å². The fraction of sp³-hybridized carbons (Fsp3) is 0.375. The summed E-state index contributed by atoms with van der Waals surface area (Å²) < 4.78 is 2.24. The summed E-state index contributed by atoms with van der Waals surface area (Å²) in [7, 11) is 0. The van der Waals surface area contributed by atoms with Gasteiger partial charge in [-0.3, -0.25) is 9.67 Å². The van der Waals surface area contributed by atoms with Gasteiger partial charge in [0.2, 0.25) is 0 Å². The van der Waals surface area contributed by atoms with Crippen LogP contribution in [0.25, 0.3) is 0 Å². The molecule has 80 valence electrons. The normalized spacial score (nSPS) is 10.8. The van der Waals surface area contributed by atoms with Crippen LogP contribution in [-0.2, 0) is 13.2 Å². The highest BCUT2D eigenvalue weighted by atomic mass is 32.1. The molecule has 0 radical (unpaired) electrons. The van der Waals surface area contributed by atoms with Gasteiger partial charge >= 0.3 is 0 Å². The Balaban J connectivity index is 2.31. The predicted octanol–water partition coefficient (Wildman–Crippen LogP) is 1.25. The van der Waals surface area contributed by atoms with Crippen LogP contribution in [0.1, 0.15) is 16.5 Å². The number of aryl methyl sites for hydroxylation is 1. The van der Waals surface area contributed by atoms with Crippen molar-refractivity contribution in [2.45, 2.75) is 20.1 Å². The summed E-state index contributed by atoms with van der Waals surface area (Å²) in [5, 5.41) is 18.6. The number of H-pyrrole nitrogens is 1. The van der Waals surface area contributed by atoms with Gasteiger partial charge in [0, 0.05) is 5.38 Å². The van der Waals surface area contributed by atoms with Gasteiger partial charge in [0.15, 0.2) is 10.6 Å². The number of aromatic nitrogens is 4. The maximum atomic E-state index is 9.05. The van der Waals surface area contributed by atoms with E-state index in [0.29, 0.717) is 17.1 Å². The summed E-state index contributed by atoms with van der Waals surface area (Å²) in [4.78, 5) is 4.33. The Hall–Kier alpha value is -1.05. The molecular formula is C8H10N4OS2. The smallest absolute Gasteiger partial charge is 0.195 e. The van der Waals surface area contributed by atoms with Crippen molar-refractivity contribution in [3.8, 4) is 0 Å². The molecule has 2 heterocycles. The van der Waals surface area contributed by atoms with E-state index < -0.39 is 0 Å². The molecule has 0 bridgehead atoms. The lowest BCUT2D eigenvalue weighted by molar-refractivity contribution is 0.265. The first-order chi connectivity index (χ1) is 7.20. The first kappa shape index (κ1) is 10.5. The van der Waals surface area contributed by atoms with E-state index in [2.05, 4.69) is 15.2 Å². The third kappa shape index (κ3) is 2.14. The molecule has 7 heteroatoms. The number of aromatic amines is 1. The van der Waals surface area contributed by atoms with E-state index in [0.717, 1.165) is 10.7 Å². The molecule has 0 spiro atoms. The topological polar surface area (TPSA) is 66.7 Å². The summed E-state index contributed by atoms with van der Waals surface area (Å²) in [6.07, 6.45) is 0. The Morgan fingerprint density at radius 3 is 3.07 bits per heavy atom. The summed E-state index contributed by atoms with van der Waals surface area (Å²) in [6.45, 7) is 2.38. The molecule has 2 rings (SSSR count). The van der Waals surface area contributed by atoms with Crippen LogP contribution in [0, 0.1) is 11.7 Å². The number of hydrogen-bond donors (Lipinski definition) is 2. The first-order valence-corrected chi connectivity index (χ1v) is 5.65. The van der Waals surface area contributed by atoms with Crippen molar-refractivity contribution < 1.29 is 5.11 Å². The van der Waals surface area contributed by atoms with Crippen LogP contribution in [0.2, 0.25) is 0 Å². The molecule has 2 aromatic rings. The van der Waals surface area contributed by atoms with Crippen molar-refractivity contribution in [1.82, 2.24) is 19.7 Å². The number of hydrogen-bond acceptors (Lipinski definition) is 5. The zero-order valence-electron chi connectivity index (χ0n) is 8.10. The highest BCUT2D eigenvalue weighted by Crippen LogP contribution is 2.10. The van der Waals surface area contributed by atoms with E-state index in [1.807, 2.05) is 12.3 Å². The zero-order valence-corrected chi connectivity index (χ0v) is 9.73. The Labute approximate surface area is 95.4 Å². The second-order valence-electron chi connectivity index (χ2n) is 3.05. The van der Waals surface area contributed by atoms with Gasteiger partial charge in [0.1, 0.15) is 6.61 Å². The van der Waals surface area contributed by atoms with E-state index in [1.165, 1.54) is 0 Å². The number of nitrogens with zero attached hydrogens (tertiary/aromatic N) is 3. The number of aliphatic hydroxyl groups is 1. The Morgan fingerprint density at radius 1 is 1.67 bits per heavy atom. The summed E-state index contributed by atoms with van der Waals surface area (Å²) in [5.74, 6) is 0.533. The average Bonchev–Trinajstić information content (AvgIpc) is 2.76. The number of aliphatic hydroxyl groups excluding tert-OH is 1. The van der Waals surface area contributed by atoms with Gasteiger partial charge in [-0.15, -0.1) is 11.3 Å². The molecule has 0 aromatic carbocycles. The van der Waals surface area contributed by atoms with Gasteiger partial charge in [0.05, 0.1) is 17.2 Å².